The highest BCUT2D eigenvalue weighted by molar-refractivity contribution is 5.88. The minimum absolute atomic E-state index is 0.187. The largest absolute Gasteiger partial charge is 0.390 e. The van der Waals surface area contributed by atoms with E-state index in [2.05, 4.69) is 39.1 Å². The summed E-state index contributed by atoms with van der Waals surface area (Å²) in [4.78, 5) is 23.2. The first-order chi connectivity index (χ1) is 13.6. The molecule has 1 atom stereocenters. The highest BCUT2D eigenvalue weighted by Gasteiger charge is 2.18. The lowest BCUT2D eigenvalue weighted by Crippen LogP contribution is -2.40. The van der Waals surface area contributed by atoms with Crippen LogP contribution in [0.2, 0.25) is 0 Å². The number of aliphatic hydroxyl groups is 1. The number of likely N-dealkylation sites (N-methyl/N-ethyl adjacent to an activating group) is 1. The fourth-order valence-corrected chi connectivity index (χ4v) is 4.05. The molecule has 0 bridgehead atoms. The van der Waals surface area contributed by atoms with Crippen molar-refractivity contribution in [1.29, 1.82) is 0 Å². The van der Waals surface area contributed by atoms with Crippen LogP contribution in [0.5, 0.6) is 0 Å². The molecule has 6 heteroatoms. The molecule has 1 unspecified atom stereocenters. The second-order valence-corrected chi connectivity index (χ2v) is 7.52. The number of β-amino-alcohol motifs (C(OH)–C–C–N with tert-alkyl or cyclic N) is 1. The Morgan fingerprint density at radius 1 is 1.18 bits per heavy atom. The molecule has 0 aliphatic carbocycles. The van der Waals surface area contributed by atoms with E-state index < -0.39 is 6.10 Å². The number of aliphatic hydroxyl groups excluding tert-OH is 1. The molecule has 28 heavy (non-hydrogen) atoms. The fourth-order valence-electron chi connectivity index (χ4n) is 4.05. The normalized spacial score (nSPS) is 15.8. The van der Waals surface area contributed by atoms with Gasteiger partial charge in [0.1, 0.15) is 5.65 Å². The van der Waals surface area contributed by atoms with Crippen LogP contribution >= 0.6 is 0 Å². The molecule has 0 saturated carbocycles. The van der Waals surface area contributed by atoms with Gasteiger partial charge < -0.3 is 19.9 Å². The molecule has 6 nitrogen and oxygen atoms in total. The molecule has 1 aliphatic rings. The van der Waals surface area contributed by atoms with Gasteiger partial charge in [0, 0.05) is 50.9 Å². The summed E-state index contributed by atoms with van der Waals surface area (Å²) in [5.74, 6) is 0. The number of H-pyrrole nitrogens is 1. The van der Waals surface area contributed by atoms with Crippen molar-refractivity contribution < 1.29 is 5.11 Å². The zero-order valence-electron chi connectivity index (χ0n) is 16.1. The molecule has 0 amide bonds. The molecule has 2 N–H and O–H groups in total. The molecular weight excluding hydrogens is 352 g/mol. The standard InChI is InChI=1S/C22H26N4O2/c1-25(20-13-21(28)24-22-19(20)7-4-10-23-22)14-18(27)15-26-11-8-16-5-2-3-6-17(16)9-12-26/h2-7,10,13,18,27H,8-9,11-12,14-15H2,1H3,(H,23,24,28). The van der Waals surface area contributed by atoms with Crippen LogP contribution in [0, 0.1) is 0 Å². The smallest absolute Gasteiger partial charge is 0.251 e. The third kappa shape index (κ3) is 4.08. The number of hydrogen-bond acceptors (Lipinski definition) is 5. The number of benzene rings is 1. The van der Waals surface area contributed by atoms with Crippen LogP contribution in [-0.4, -0.2) is 59.3 Å². The van der Waals surface area contributed by atoms with E-state index in [4.69, 9.17) is 0 Å². The third-order valence-electron chi connectivity index (χ3n) is 5.47. The molecule has 0 saturated heterocycles. The lowest BCUT2D eigenvalue weighted by atomic mass is 10.0. The molecule has 0 fully saturated rings. The highest BCUT2D eigenvalue weighted by Crippen LogP contribution is 2.22. The molecule has 3 heterocycles. The van der Waals surface area contributed by atoms with Gasteiger partial charge in [0.15, 0.2) is 0 Å². The van der Waals surface area contributed by atoms with E-state index in [0.29, 0.717) is 18.7 Å². The summed E-state index contributed by atoms with van der Waals surface area (Å²) in [6.07, 6.45) is 3.19. The maximum atomic E-state index is 12.0. The van der Waals surface area contributed by atoms with Crippen LogP contribution in [0.3, 0.4) is 0 Å². The Labute approximate surface area is 164 Å². The van der Waals surface area contributed by atoms with Gasteiger partial charge in [-0.3, -0.25) is 4.79 Å². The van der Waals surface area contributed by atoms with E-state index in [9.17, 15) is 9.90 Å². The van der Waals surface area contributed by atoms with E-state index >= 15 is 0 Å². The highest BCUT2D eigenvalue weighted by atomic mass is 16.3. The Morgan fingerprint density at radius 2 is 1.89 bits per heavy atom. The summed E-state index contributed by atoms with van der Waals surface area (Å²) in [7, 11) is 1.91. The van der Waals surface area contributed by atoms with E-state index in [1.165, 1.54) is 11.1 Å². The van der Waals surface area contributed by atoms with Gasteiger partial charge >= 0.3 is 0 Å². The lowest BCUT2D eigenvalue weighted by molar-refractivity contribution is 0.120. The van der Waals surface area contributed by atoms with Gasteiger partial charge in [0.25, 0.3) is 5.56 Å². The predicted octanol–water partition coefficient (Wildman–Crippen LogP) is 1.82. The minimum atomic E-state index is -0.503. The summed E-state index contributed by atoms with van der Waals surface area (Å²) in [6, 6.07) is 14.0. The van der Waals surface area contributed by atoms with Crippen molar-refractivity contribution in [1.82, 2.24) is 14.9 Å². The fraction of sp³-hybridized carbons (Fsp3) is 0.364. The lowest BCUT2D eigenvalue weighted by Gasteiger charge is -2.28. The first kappa shape index (κ1) is 18.7. The van der Waals surface area contributed by atoms with E-state index in [1.807, 2.05) is 24.1 Å². The number of rotatable bonds is 5. The Balaban J connectivity index is 1.42. The average Bonchev–Trinajstić information content (AvgIpc) is 2.89. The number of fused-ring (bicyclic) bond motifs is 2. The van der Waals surface area contributed by atoms with E-state index in [-0.39, 0.29) is 5.56 Å². The molecule has 2 aromatic heterocycles. The van der Waals surface area contributed by atoms with Crippen LogP contribution < -0.4 is 10.5 Å². The predicted molar refractivity (Wildman–Crippen MR) is 112 cm³/mol. The monoisotopic (exact) mass is 378 g/mol. The maximum Gasteiger partial charge on any atom is 0.251 e. The molecule has 0 radical (unpaired) electrons. The molecule has 1 aliphatic heterocycles. The Bertz CT molecular complexity index is 990. The minimum Gasteiger partial charge on any atom is -0.390 e. The van der Waals surface area contributed by atoms with Gasteiger partial charge in [-0.2, -0.15) is 0 Å². The van der Waals surface area contributed by atoms with Crippen LogP contribution in [0.25, 0.3) is 11.0 Å². The molecule has 0 spiro atoms. The summed E-state index contributed by atoms with van der Waals surface area (Å²) < 4.78 is 0. The summed E-state index contributed by atoms with van der Waals surface area (Å²) in [5.41, 5.74) is 4.00. The van der Waals surface area contributed by atoms with Crippen molar-refractivity contribution in [2.75, 3.05) is 38.1 Å². The molecule has 3 aromatic rings. The molecule has 4 rings (SSSR count). The van der Waals surface area contributed by atoms with Crippen molar-refractivity contribution in [2.45, 2.75) is 18.9 Å². The Kier molecular flexibility index (Phi) is 5.41. The van der Waals surface area contributed by atoms with Gasteiger partial charge in [0.05, 0.1) is 11.8 Å². The summed E-state index contributed by atoms with van der Waals surface area (Å²) in [5, 5.41) is 11.6. The van der Waals surface area contributed by atoms with Gasteiger partial charge in [-0.05, 0) is 36.1 Å². The van der Waals surface area contributed by atoms with Crippen molar-refractivity contribution >= 4 is 16.7 Å². The maximum absolute atomic E-state index is 12.0. The second-order valence-electron chi connectivity index (χ2n) is 7.52. The SMILES string of the molecule is CN(CC(O)CN1CCc2ccccc2CC1)c1cc(=O)[nH]c2ncccc12. The number of aromatic amines is 1. The summed E-state index contributed by atoms with van der Waals surface area (Å²) >= 11 is 0. The van der Waals surface area contributed by atoms with Crippen LogP contribution in [0.15, 0.2) is 53.5 Å². The number of hydrogen-bond donors (Lipinski definition) is 2. The molecule has 146 valence electrons. The van der Waals surface area contributed by atoms with Crippen molar-refractivity contribution in [3.8, 4) is 0 Å². The van der Waals surface area contributed by atoms with Crippen molar-refractivity contribution in [2.24, 2.45) is 0 Å². The average molecular weight is 378 g/mol. The zero-order chi connectivity index (χ0) is 19.5. The number of anilines is 1. The molecule has 1 aromatic carbocycles. The Morgan fingerprint density at radius 3 is 2.61 bits per heavy atom. The van der Waals surface area contributed by atoms with Crippen LogP contribution in [0.4, 0.5) is 5.69 Å². The van der Waals surface area contributed by atoms with Crippen LogP contribution in [-0.2, 0) is 12.8 Å². The third-order valence-corrected chi connectivity index (χ3v) is 5.47. The second kappa shape index (κ2) is 8.12. The topological polar surface area (TPSA) is 72.5 Å². The number of aromatic nitrogens is 2. The van der Waals surface area contributed by atoms with Crippen molar-refractivity contribution in [3.05, 3.63) is 70.1 Å². The van der Waals surface area contributed by atoms with Gasteiger partial charge in [-0.1, -0.05) is 24.3 Å². The first-order valence-corrected chi connectivity index (χ1v) is 9.76. The number of nitrogens with zero attached hydrogens (tertiary/aromatic N) is 3. The van der Waals surface area contributed by atoms with Gasteiger partial charge in [-0.15, -0.1) is 0 Å². The van der Waals surface area contributed by atoms with Crippen LogP contribution in [0.1, 0.15) is 11.1 Å². The number of pyridine rings is 2. The van der Waals surface area contributed by atoms with E-state index in [0.717, 1.165) is 37.0 Å². The zero-order valence-corrected chi connectivity index (χ0v) is 16.1. The first-order valence-electron chi connectivity index (χ1n) is 9.76. The Hall–Kier alpha value is -2.70. The van der Waals surface area contributed by atoms with Crippen molar-refractivity contribution in [3.63, 3.8) is 0 Å². The quantitative estimate of drug-likeness (QED) is 0.709. The van der Waals surface area contributed by atoms with E-state index in [1.54, 1.807) is 12.3 Å². The summed E-state index contributed by atoms with van der Waals surface area (Å²) in [6.45, 7) is 2.99. The van der Waals surface area contributed by atoms with Gasteiger partial charge in [-0.25, -0.2) is 4.98 Å². The molecular formula is C22H26N4O2. The van der Waals surface area contributed by atoms with Gasteiger partial charge in [0.2, 0.25) is 0 Å². The number of nitrogens with one attached hydrogen (secondary N) is 1.